The minimum atomic E-state index is -0.824. The molecule has 1 aromatic rings. The number of hydrogen-bond acceptors (Lipinski definition) is 7. The fourth-order valence-electron chi connectivity index (χ4n) is 2.57. The predicted molar refractivity (Wildman–Crippen MR) is 79.4 cm³/mol. The van der Waals surface area contributed by atoms with E-state index in [0.717, 1.165) is 31.9 Å². The minimum absolute atomic E-state index is 0.136. The molecule has 0 saturated heterocycles. The second-order valence-electron chi connectivity index (χ2n) is 5.43. The van der Waals surface area contributed by atoms with Crippen LogP contribution < -0.4 is 10.6 Å². The van der Waals surface area contributed by atoms with Gasteiger partial charge in [0.15, 0.2) is 0 Å². The molecule has 1 aromatic heterocycles. The Morgan fingerprint density at radius 3 is 2.62 bits per heavy atom. The van der Waals surface area contributed by atoms with Crippen molar-refractivity contribution >= 4 is 17.5 Å². The zero-order valence-corrected chi connectivity index (χ0v) is 12.1. The first-order valence-corrected chi connectivity index (χ1v) is 7.19. The molecule has 0 unspecified atom stereocenters. The van der Waals surface area contributed by atoms with Crippen LogP contribution in [0.3, 0.4) is 0 Å². The van der Waals surface area contributed by atoms with E-state index in [-0.39, 0.29) is 18.1 Å². The Hall–Kier alpha value is -1.96. The van der Waals surface area contributed by atoms with E-state index in [4.69, 9.17) is 0 Å². The van der Waals surface area contributed by atoms with Gasteiger partial charge < -0.3 is 15.7 Å². The van der Waals surface area contributed by atoms with E-state index in [1.165, 1.54) is 0 Å². The number of aromatic nitrogens is 2. The fourth-order valence-corrected chi connectivity index (χ4v) is 2.57. The van der Waals surface area contributed by atoms with Crippen molar-refractivity contribution in [2.75, 3.05) is 24.2 Å². The fraction of sp³-hybridized carbons (Fsp3) is 0.692. The average molecular weight is 295 g/mol. The third kappa shape index (κ3) is 4.01. The van der Waals surface area contributed by atoms with Crippen molar-refractivity contribution in [3.8, 4) is 0 Å². The van der Waals surface area contributed by atoms with Crippen molar-refractivity contribution in [2.45, 2.75) is 44.1 Å². The maximum atomic E-state index is 11.0. The van der Waals surface area contributed by atoms with E-state index in [2.05, 4.69) is 20.6 Å². The normalized spacial score (nSPS) is 17.8. The molecule has 116 valence electrons. The molecule has 8 heteroatoms. The highest BCUT2D eigenvalue weighted by molar-refractivity contribution is 5.57. The van der Waals surface area contributed by atoms with Crippen LogP contribution in [-0.4, -0.2) is 39.2 Å². The van der Waals surface area contributed by atoms with Crippen LogP contribution in [0, 0.1) is 10.1 Å². The van der Waals surface area contributed by atoms with Crippen molar-refractivity contribution < 1.29 is 10.0 Å². The van der Waals surface area contributed by atoms with Crippen LogP contribution in [0.25, 0.3) is 0 Å². The molecule has 0 atom stereocenters. The van der Waals surface area contributed by atoms with Crippen LogP contribution in [0.1, 0.15) is 38.5 Å². The average Bonchev–Trinajstić information content (AvgIpc) is 2.70. The first-order valence-electron chi connectivity index (χ1n) is 7.19. The summed E-state index contributed by atoms with van der Waals surface area (Å²) >= 11 is 0. The molecule has 21 heavy (non-hydrogen) atoms. The highest BCUT2D eigenvalue weighted by atomic mass is 16.6. The molecule has 1 aliphatic rings. The minimum Gasteiger partial charge on any atom is -0.388 e. The summed E-state index contributed by atoms with van der Waals surface area (Å²) in [5.74, 6) is 0.438. The zero-order chi connectivity index (χ0) is 15.3. The molecular weight excluding hydrogens is 274 g/mol. The lowest BCUT2D eigenvalue weighted by Gasteiger charge is -2.26. The summed E-state index contributed by atoms with van der Waals surface area (Å²) in [6.45, 7) is 0.258. The van der Waals surface area contributed by atoms with Crippen molar-refractivity contribution in [1.82, 2.24) is 9.97 Å². The third-order valence-electron chi connectivity index (χ3n) is 3.81. The zero-order valence-electron chi connectivity index (χ0n) is 12.1. The van der Waals surface area contributed by atoms with E-state index >= 15 is 0 Å². The first kappa shape index (κ1) is 15.4. The monoisotopic (exact) mass is 295 g/mol. The number of nitrogens with zero attached hydrogens (tertiary/aromatic N) is 3. The highest BCUT2D eigenvalue weighted by Gasteiger charge is 2.29. The summed E-state index contributed by atoms with van der Waals surface area (Å²) in [6, 6.07) is 0. The lowest BCUT2D eigenvalue weighted by atomic mass is 9.94. The van der Waals surface area contributed by atoms with Crippen molar-refractivity contribution in [3.05, 3.63) is 16.3 Å². The van der Waals surface area contributed by atoms with Gasteiger partial charge in [0, 0.05) is 13.6 Å². The molecule has 0 aliphatic heterocycles. The molecule has 0 aromatic carbocycles. The van der Waals surface area contributed by atoms with Gasteiger partial charge in [-0.15, -0.1) is 0 Å². The molecule has 8 nitrogen and oxygen atoms in total. The number of nitrogens with one attached hydrogen (secondary N) is 2. The van der Waals surface area contributed by atoms with Crippen molar-refractivity contribution in [2.24, 2.45) is 0 Å². The maximum absolute atomic E-state index is 11.0. The van der Waals surface area contributed by atoms with Gasteiger partial charge in [-0.3, -0.25) is 10.1 Å². The Balaban J connectivity index is 2.12. The molecule has 0 amide bonds. The SMILES string of the molecule is CNc1ncc([N+](=O)[O-])c(NCC2(O)CCCCCC2)n1. The van der Waals surface area contributed by atoms with E-state index < -0.39 is 10.5 Å². The standard InChI is InChI=1S/C13H21N5O3/c1-14-12-15-8-10(18(20)21)11(17-12)16-9-13(19)6-4-2-3-5-7-13/h8,19H,2-7,9H2,1H3,(H2,14,15,16,17). The van der Waals surface area contributed by atoms with Gasteiger partial charge in [-0.05, 0) is 12.8 Å². The largest absolute Gasteiger partial charge is 0.388 e. The van der Waals surface area contributed by atoms with Crippen LogP contribution in [0.4, 0.5) is 17.5 Å². The highest BCUT2D eigenvalue weighted by Crippen LogP contribution is 2.29. The van der Waals surface area contributed by atoms with E-state index in [1.54, 1.807) is 7.05 Å². The van der Waals surface area contributed by atoms with Crippen LogP contribution in [0.5, 0.6) is 0 Å². The van der Waals surface area contributed by atoms with E-state index in [0.29, 0.717) is 18.8 Å². The molecule has 0 radical (unpaired) electrons. The summed E-state index contributed by atoms with van der Waals surface area (Å²) in [6.07, 6.45) is 6.78. The Bertz CT molecular complexity index is 501. The lowest BCUT2D eigenvalue weighted by Crippen LogP contribution is -2.36. The molecule has 2 rings (SSSR count). The van der Waals surface area contributed by atoms with Gasteiger partial charge in [0.25, 0.3) is 0 Å². The summed E-state index contributed by atoms with van der Waals surface area (Å²) < 4.78 is 0. The second kappa shape index (κ2) is 6.66. The number of anilines is 2. The summed E-state index contributed by atoms with van der Waals surface area (Å²) in [5.41, 5.74) is -1.01. The van der Waals surface area contributed by atoms with Gasteiger partial charge in [-0.2, -0.15) is 4.98 Å². The quantitative estimate of drug-likeness (QED) is 0.432. The maximum Gasteiger partial charge on any atom is 0.329 e. The summed E-state index contributed by atoms with van der Waals surface area (Å²) in [4.78, 5) is 18.4. The molecular formula is C13H21N5O3. The number of hydrogen-bond donors (Lipinski definition) is 3. The van der Waals surface area contributed by atoms with Gasteiger partial charge in [0.1, 0.15) is 6.20 Å². The van der Waals surface area contributed by atoms with Crippen molar-refractivity contribution in [3.63, 3.8) is 0 Å². The molecule has 1 aliphatic carbocycles. The second-order valence-corrected chi connectivity index (χ2v) is 5.43. The van der Waals surface area contributed by atoms with Gasteiger partial charge >= 0.3 is 5.69 Å². The van der Waals surface area contributed by atoms with Gasteiger partial charge in [-0.25, -0.2) is 4.98 Å². The summed E-state index contributed by atoms with van der Waals surface area (Å²) in [5, 5.41) is 27.3. The van der Waals surface area contributed by atoms with E-state index in [1.807, 2.05) is 0 Å². The van der Waals surface area contributed by atoms with Crippen LogP contribution in [0.2, 0.25) is 0 Å². The molecule has 1 saturated carbocycles. The molecule has 1 heterocycles. The molecule has 1 fully saturated rings. The smallest absolute Gasteiger partial charge is 0.329 e. The first-order chi connectivity index (χ1) is 10.0. The van der Waals surface area contributed by atoms with Crippen LogP contribution in [0.15, 0.2) is 6.20 Å². The third-order valence-corrected chi connectivity index (χ3v) is 3.81. The number of aliphatic hydroxyl groups is 1. The molecule has 3 N–H and O–H groups in total. The molecule has 0 bridgehead atoms. The van der Waals surface area contributed by atoms with Gasteiger partial charge in [-0.1, -0.05) is 25.7 Å². The van der Waals surface area contributed by atoms with Gasteiger partial charge in [0.2, 0.25) is 11.8 Å². The summed E-state index contributed by atoms with van der Waals surface area (Å²) in [7, 11) is 1.64. The van der Waals surface area contributed by atoms with E-state index in [9.17, 15) is 15.2 Å². The Labute approximate surface area is 123 Å². The Kier molecular flexibility index (Phi) is 4.89. The number of rotatable bonds is 5. The lowest BCUT2D eigenvalue weighted by molar-refractivity contribution is -0.384. The predicted octanol–water partition coefficient (Wildman–Crippen LogP) is 1.92. The van der Waals surface area contributed by atoms with Crippen LogP contribution in [-0.2, 0) is 0 Å². The Morgan fingerprint density at radius 1 is 1.38 bits per heavy atom. The Morgan fingerprint density at radius 2 is 2.05 bits per heavy atom. The topological polar surface area (TPSA) is 113 Å². The van der Waals surface area contributed by atoms with Crippen LogP contribution >= 0.6 is 0 Å². The molecule has 0 spiro atoms. The number of nitro groups is 1. The van der Waals surface area contributed by atoms with Crippen molar-refractivity contribution in [1.29, 1.82) is 0 Å². The van der Waals surface area contributed by atoms with Gasteiger partial charge in [0.05, 0.1) is 10.5 Å².